The Hall–Kier alpha value is -1.67. The van der Waals surface area contributed by atoms with E-state index < -0.39 is 5.60 Å². The number of aliphatic hydroxyl groups is 1. The minimum Gasteiger partial charge on any atom is -0.384 e. The Morgan fingerprint density at radius 1 is 1.21 bits per heavy atom. The molecule has 1 aromatic rings. The topological polar surface area (TPSA) is 37.3 Å². The Kier molecular flexibility index (Phi) is 5.59. The molecule has 0 saturated heterocycles. The van der Waals surface area contributed by atoms with E-state index in [4.69, 9.17) is 0 Å². The summed E-state index contributed by atoms with van der Waals surface area (Å²) in [5.74, 6) is 2.14. The molecular weight excluding hydrogens is 356 g/mol. The van der Waals surface area contributed by atoms with Gasteiger partial charge in [-0.25, -0.2) is 0 Å². The molecule has 2 nitrogen and oxygen atoms in total. The molecule has 1 saturated carbocycles. The van der Waals surface area contributed by atoms with E-state index in [0.717, 1.165) is 44.1 Å². The molecule has 0 spiro atoms. The summed E-state index contributed by atoms with van der Waals surface area (Å²) >= 11 is 0. The Balaban J connectivity index is 1.72. The molecule has 156 valence electrons. The average molecular weight is 393 g/mol. The number of allylic oxidation sites excluding steroid dienone is 2. The highest BCUT2D eigenvalue weighted by Crippen LogP contribution is 2.62. The lowest BCUT2D eigenvalue weighted by atomic mass is 9.47. The number of benzene rings is 1. The maximum atomic E-state index is 12.2. The molecule has 4 rings (SSSR count). The molecule has 5 atom stereocenters. The number of carbonyl (C=O) groups is 1. The molecule has 1 aromatic carbocycles. The van der Waals surface area contributed by atoms with Crippen molar-refractivity contribution in [3.05, 3.63) is 59.7 Å². The Labute approximate surface area is 176 Å². The molecule has 3 aliphatic carbocycles. The normalized spacial score (nSPS) is 34.2. The summed E-state index contributed by atoms with van der Waals surface area (Å²) in [6.07, 6.45) is 10.4. The first-order valence-electron chi connectivity index (χ1n) is 11.6. The van der Waals surface area contributed by atoms with Gasteiger partial charge in [0.2, 0.25) is 0 Å². The predicted molar refractivity (Wildman–Crippen MR) is 118 cm³/mol. The van der Waals surface area contributed by atoms with Gasteiger partial charge in [0.25, 0.3) is 0 Å². The van der Waals surface area contributed by atoms with Gasteiger partial charge < -0.3 is 5.11 Å². The molecule has 3 aliphatic rings. The monoisotopic (exact) mass is 392 g/mol. The standard InChI is InChI=1S/C27H36O2/c1-4-16-27(29,20-9-7-6-8-10-20)26(3)17-15-23-22-14-12-21(28)18-19(22)11-13-24(23)25(26)5-2/h4,6-10,23-25,29H,1,5,11-18H2,2-3H3/t23-,24-,25+,26+,27?/m1/s1. The van der Waals surface area contributed by atoms with Crippen LogP contribution < -0.4 is 0 Å². The van der Waals surface area contributed by atoms with Crippen molar-refractivity contribution in [2.45, 2.75) is 77.2 Å². The SMILES string of the molecule is C=CCC(O)(c1ccccc1)[C@@]1(C)CC[C@@H]2C3=C(CC[C@H]2[C@@H]1CC)CC(=O)CC3. The quantitative estimate of drug-likeness (QED) is 0.593. The van der Waals surface area contributed by atoms with Gasteiger partial charge >= 0.3 is 0 Å². The highest BCUT2D eigenvalue weighted by atomic mass is 16.3. The van der Waals surface area contributed by atoms with Crippen molar-refractivity contribution in [2.24, 2.45) is 23.2 Å². The molecule has 2 heteroatoms. The second-order valence-corrected chi connectivity index (χ2v) is 9.84. The van der Waals surface area contributed by atoms with Crippen LogP contribution in [0.3, 0.4) is 0 Å². The van der Waals surface area contributed by atoms with Crippen LogP contribution in [0.15, 0.2) is 54.1 Å². The highest BCUT2D eigenvalue weighted by Gasteiger charge is 2.57. The molecule has 0 amide bonds. The van der Waals surface area contributed by atoms with Gasteiger partial charge in [-0.15, -0.1) is 6.58 Å². The fourth-order valence-corrected chi connectivity index (χ4v) is 7.24. The number of carbonyl (C=O) groups excluding carboxylic acids is 1. The van der Waals surface area contributed by atoms with E-state index in [1.807, 2.05) is 24.3 Å². The molecule has 1 N–H and O–H groups in total. The third-order valence-corrected chi connectivity index (χ3v) is 8.67. The smallest absolute Gasteiger partial charge is 0.137 e. The van der Waals surface area contributed by atoms with Crippen LogP contribution in [0.2, 0.25) is 0 Å². The van der Waals surface area contributed by atoms with Crippen LogP contribution in [0, 0.1) is 23.2 Å². The van der Waals surface area contributed by atoms with Crippen molar-refractivity contribution in [3.8, 4) is 0 Å². The van der Waals surface area contributed by atoms with Crippen molar-refractivity contribution in [1.29, 1.82) is 0 Å². The maximum Gasteiger partial charge on any atom is 0.137 e. The van der Waals surface area contributed by atoms with Crippen molar-refractivity contribution >= 4 is 5.78 Å². The Bertz CT molecular complexity index is 807. The number of ketones is 1. The third kappa shape index (κ3) is 3.24. The van der Waals surface area contributed by atoms with Gasteiger partial charge in [0.05, 0.1) is 5.60 Å². The summed E-state index contributed by atoms with van der Waals surface area (Å²) in [7, 11) is 0. The van der Waals surface area contributed by atoms with E-state index in [1.54, 1.807) is 5.57 Å². The van der Waals surface area contributed by atoms with Crippen LogP contribution in [0.5, 0.6) is 0 Å². The van der Waals surface area contributed by atoms with Gasteiger partial charge in [0.1, 0.15) is 5.78 Å². The summed E-state index contributed by atoms with van der Waals surface area (Å²) < 4.78 is 0. The minimum absolute atomic E-state index is 0.180. The summed E-state index contributed by atoms with van der Waals surface area (Å²) in [6.45, 7) is 8.63. The van der Waals surface area contributed by atoms with Crippen LogP contribution in [0.4, 0.5) is 0 Å². The first-order chi connectivity index (χ1) is 13.9. The molecule has 0 aliphatic heterocycles. The van der Waals surface area contributed by atoms with Crippen LogP contribution in [0.1, 0.15) is 77.2 Å². The fourth-order valence-electron chi connectivity index (χ4n) is 7.24. The number of fused-ring (bicyclic) bond motifs is 2. The van der Waals surface area contributed by atoms with E-state index in [1.165, 1.54) is 12.0 Å². The summed E-state index contributed by atoms with van der Waals surface area (Å²) in [5, 5.41) is 12.2. The first-order valence-corrected chi connectivity index (χ1v) is 11.6. The van der Waals surface area contributed by atoms with Crippen LogP contribution >= 0.6 is 0 Å². The van der Waals surface area contributed by atoms with E-state index in [0.29, 0.717) is 36.4 Å². The zero-order valence-electron chi connectivity index (χ0n) is 18.1. The van der Waals surface area contributed by atoms with Crippen LogP contribution in [0.25, 0.3) is 0 Å². The van der Waals surface area contributed by atoms with Crippen molar-refractivity contribution < 1.29 is 9.90 Å². The molecule has 29 heavy (non-hydrogen) atoms. The largest absolute Gasteiger partial charge is 0.384 e. The minimum atomic E-state index is -0.890. The van der Waals surface area contributed by atoms with Crippen LogP contribution in [-0.4, -0.2) is 10.9 Å². The van der Waals surface area contributed by atoms with E-state index in [9.17, 15) is 9.90 Å². The highest BCUT2D eigenvalue weighted by molar-refractivity contribution is 5.82. The zero-order valence-corrected chi connectivity index (χ0v) is 18.1. The van der Waals surface area contributed by atoms with Crippen LogP contribution in [-0.2, 0) is 10.4 Å². The predicted octanol–water partition coefficient (Wildman–Crippen LogP) is 6.35. The average Bonchev–Trinajstić information content (AvgIpc) is 2.73. The molecule has 0 aromatic heterocycles. The molecule has 0 heterocycles. The second kappa shape index (κ2) is 7.87. The first kappa shape index (κ1) is 20.6. The van der Waals surface area contributed by atoms with Gasteiger partial charge in [-0.05, 0) is 61.8 Å². The van der Waals surface area contributed by atoms with Gasteiger partial charge in [-0.1, -0.05) is 67.8 Å². The summed E-state index contributed by atoms with van der Waals surface area (Å²) in [5.41, 5.74) is 3.04. The third-order valence-electron chi connectivity index (χ3n) is 8.67. The van der Waals surface area contributed by atoms with E-state index in [-0.39, 0.29) is 5.41 Å². The number of hydrogen-bond donors (Lipinski definition) is 1. The lowest BCUT2D eigenvalue weighted by Gasteiger charge is -2.58. The van der Waals surface area contributed by atoms with Gasteiger partial charge in [0.15, 0.2) is 0 Å². The second-order valence-electron chi connectivity index (χ2n) is 9.84. The van der Waals surface area contributed by atoms with Crippen molar-refractivity contribution in [3.63, 3.8) is 0 Å². The molecule has 1 unspecified atom stereocenters. The van der Waals surface area contributed by atoms with Gasteiger partial charge in [-0.3, -0.25) is 4.79 Å². The van der Waals surface area contributed by atoms with Crippen molar-refractivity contribution in [2.75, 3.05) is 0 Å². The molecule has 1 fully saturated rings. The lowest BCUT2D eigenvalue weighted by Crippen LogP contribution is -2.55. The lowest BCUT2D eigenvalue weighted by molar-refractivity contribution is -0.155. The number of hydrogen-bond acceptors (Lipinski definition) is 2. The zero-order chi connectivity index (χ0) is 20.6. The molecule has 0 radical (unpaired) electrons. The fraction of sp³-hybridized carbons (Fsp3) is 0.593. The Morgan fingerprint density at radius 3 is 2.66 bits per heavy atom. The molecule has 0 bridgehead atoms. The number of Topliss-reactive ketones (excluding diaryl/α,β-unsaturated/α-hetero) is 1. The van der Waals surface area contributed by atoms with Crippen molar-refractivity contribution in [1.82, 2.24) is 0 Å². The van der Waals surface area contributed by atoms with Gasteiger partial charge in [0, 0.05) is 18.3 Å². The van der Waals surface area contributed by atoms with Gasteiger partial charge in [-0.2, -0.15) is 0 Å². The summed E-state index contributed by atoms with van der Waals surface area (Å²) in [4.78, 5) is 12.0. The van der Waals surface area contributed by atoms with E-state index >= 15 is 0 Å². The van der Waals surface area contributed by atoms with E-state index in [2.05, 4.69) is 32.6 Å². The molecular formula is C27H36O2. The summed E-state index contributed by atoms with van der Waals surface area (Å²) in [6, 6.07) is 10.3. The Morgan fingerprint density at radius 2 is 1.97 bits per heavy atom. The number of rotatable bonds is 5. The maximum absolute atomic E-state index is 12.2.